The van der Waals surface area contributed by atoms with Crippen LogP contribution in [0.3, 0.4) is 0 Å². The zero-order chi connectivity index (χ0) is 14.1. The van der Waals surface area contributed by atoms with E-state index in [4.69, 9.17) is 11.6 Å². The second kappa shape index (κ2) is 4.98. The predicted molar refractivity (Wildman–Crippen MR) is 80.3 cm³/mol. The Balaban J connectivity index is 1.91. The summed E-state index contributed by atoms with van der Waals surface area (Å²) in [5.41, 5.74) is 2.60. The van der Waals surface area contributed by atoms with Crippen molar-refractivity contribution < 1.29 is 4.79 Å². The monoisotopic (exact) mass is 285 g/mol. The third-order valence-electron chi connectivity index (χ3n) is 3.03. The van der Waals surface area contributed by atoms with E-state index in [9.17, 15) is 4.79 Å². The maximum Gasteiger partial charge on any atom is 0.347 e. The van der Waals surface area contributed by atoms with E-state index in [1.54, 1.807) is 24.4 Å². The summed E-state index contributed by atoms with van der Waals surface area (Å²) in [4.78, 5) is 12.2. The molecular weight excluding hydrogens is 274 g/mol. The first-order valence-corrected chi connectivity index (χ1v) is 6.52. The van der Waals surface area contributed by atoms with Crippen LogP contribution in [0.1, 0.15) is 5.56 Å². The quantitative estimate of drug-likeness (QED) is 0.732. The minimum atomic E-state index is -0.300. The number of hydrogen-bond donors (Lipinski definition) is 1. The molecule has 0 radical (unpaired) electrons. The van der Waals surface area contributed by atoms with E-state index in [0.717, 1.165) is 22.2 Å². The molecule has 0 saturated heterocycles. The number of benzene rings is 2. The van der Waals surface area contributed by atoms with E-state index in [1.165, 1.54) is 4.68 Å². The molecule has 1 amide bonds. The summed E-state index contributed by atoms with van der Waals surface area (Å²) in [5.74, 6) is 0. The second-order valence-electron chi connectivity index (χ2n) is 4.56. The number of fused-ring (bicyclic) bond motifs is 1. The van der Waals surface area contributed by atoms with E-state index in [1.807, 2.05) is 31.2 Å². The normalized spacial score (nSPS) is 10.7. The van der Waals surface area contributed by atoms with Crippen LogP contribution in [0.4, 0.5) is 10.5 Å². The van der Waals surface area contributed by atoms with Gasteiger partial charge < -0.3 is 5.32 Å². The van der Waals surface area contributed by atoms with Crippen molar-refractivity contribution >= 4 is 34.2 Å². The minimum absolute atomic E-state index is 0.300. The highest BCUT2D eigenvalue weighted by Crippen LogP contribution is 2.19. The summed E-state index contributed by atoms with van der Waals surface area (Å²) in [7, 11) is 0. The van der Waals surface area contributed by atoms with Gasteiger partial charge in [-0.2, -0.15) is 9.78 Å². The number of halogens is 1. The van der Waals surface area contributed by atoms with Crippen LogP contribution in [0.5, 0.6) is 0 Å². The number of hydrogen-bond acceptors (Lipinski definition) is 2. The van der Waals surface area contributed by atoms with Crippen molar-refractivity contribution in [3.8, 4) is 0 Å². The molecule has 3 aromatic rings. The Morgan fingerprint density at radius 1 is 1.20 bits per heavy atom. The largest absolute Gasteiger partial charge is 0.347 e. The molecule has 1 N–H and O–H groups in total. The zero-order valence-electron chi connectivity index (χ0n) is 10.8. The lowest BCUT2D eigenvalue weighted by Gasteiger charge is -2.06. The number of aryl methyl sites for hydroxylation is 1. The molecular formula is C15H12ClN3O. The Labute approximate surface area is 121 Å². The van der Waals surface area contributed by atoms with Gasteiger partial charge in [0.15, 0.2) is 0 Å². The molecule has 0 spiro atoms. The number of nitrogens with zero attached hydrogens (tertiary/aromatic N) is 2. The van der Waals surface area contributed by atoms with Crippen LogP contribution in [-0.4, -0.2) is 15.8 Å². The van der Waals surface area contributed by atoms with E-state index in [-0.39, 0.29) is 6.03 Å². The molecule has 0 aliphatic rings. The Morgan fingerprint density at radius 3 is 2.70 bits per heavy atom. The van der Waals surface area contributed by atoms with Crippen LogP contribution in [-0.2, 0) is 0 Å². The van der Waals surface area contributed by atoms with Gasteiger partial charge in [0.25, 0.3) is 0 Å². The lowest BCUT2D eigenvalue weighted by atomic mass is 10.2. The standard InChI is InChI=1S/C15H12ClN3O/c1-10-2-5-13(6-3-10)18-15(20)19-14-7-4-12(16)8-11(14)9-17-19/h2-9H,1H3,(H,18,20). The Bertz CT molecular complexity index is 777. The minimum Gasteiger partial charge on any atom is -0.306 e. The van der Waals surface area contributed by atoms with Crippen LogP contribution in [0.15, 0.2) is 48.7 Å². The summed E-state index contributed by atoms with van der Waals surface area (Å²) in [6.07, 6.45) is 1.62. The number of rotatable bonds is 1. The lowest BCUT2D eigenvalue weighted by molar-refractivity contribution is 0.252. The van der Waals surface area contributed by atoms with Crippen molar-refractivity contribution in [2.45, 2.75) is 6.92 Å². The van der Waals surface area contributed by atoms with Gasteiger partial charge in [-0.3, -0.25) is 0 Å². The Kier molecular flexibility index (Phi) is 3.16. The fourth-order valence-corrected chi connectivity index (χ4v) is 2.16. The van der Waals surface area contributed by atoms with Crippen molar-refractivity contribution in [1.29, 1.82) is 0 Å². The maximum atomic E-state index is 12.2. The van der Waals surface area contributed by atoms with Crippen LogP contribution >= 0.6 is 11.6 Å². The number of carbonyl (C=O) groups is 1. The van der Waals surface area contributed by atoms with Crippen molar-refractivity contribution in [3.63, 3.8) is 0 Å². The van der Waals surface area contributed by atoms with Crippen molar-refractivity contribution in [2.24, 2.45) is 0 Å². The molecule has 0 aliphatic carbocycles. The third kappa shape index (κ3) is 2.38. The molecule has 0 atom stereocenters. The molecule has 4 nitrogen and oxygen atoms in total. The first-order chi connectivity index (χ1) is 9.63. The van der Waals surface area contributed by atoms with Crippen LogP contribution in [0.2, 0.25) is 5.02 Å². The highest BCUT2D eigenvalue weighted by molar-refractivity contribution is 6.31. The molecule has 1 heterocycles. The van der Waals surface area contributed by atoms with Gasteiger partial charge >= 0.3 is 6.03 Å². The number of amides is 1. The molecule has 5 heteroatoms. The number of anilines is 1. The summed E-state index contributed by atoms with van der Waals surface area (Å²) in [6.45, 7) is 2.00. The maximum absolute atomic E-state index is 12.2. The lowest BCUT2D eigenvalue weighted by Crippen LogP contribution is -2.20. The van der Waals surface area contributed by atoms with Crippen molar-refractivity contribution in [1.82, 2.24) is 9.78 Å². The molecule has 1 aromatic heterocycles. The Hall–Kier alpha value is -2.33. The third-order valence-corrected chi connectivity index (χ3v) is 3.26. The summed E-state index contributed by atoms with van der Waals surface area (Å²) in [5, 5.41) is 8.35. The summed E-state index contributed by atoms with van der Waals surface area (Å²) in [6, 6.07) is 12.6. The van der Waals surface area contributed by atoms with Crippen LogP contribution in [0, 0.1) is 6.92 Å². The zero-order valence-corrected chi connectivity index (χ0v) is 11.6. The molecule has 2 aromatic carbocycles. The molecule has 0 fully saturated rings. The van der Waals surface area contributed by atoms with Gasteiger partial charge in [0.05, 0.1) is 11.7 Å². The van der Waals surface area contributed by atoms with Gasteiger partial charge in [-0.1, -0.05) is 29.3 Å². The smallest absolute Gasteiger partial charge is 0.306 e. The van der Waals surface area contributed by atoms with Crippen LogP contribution in [0.25, 0.3) is 10.9 Å². The number of aromatic nitrogens is 2. The highest BCUT2D eigenvalue weighted by atomic mass is 35.5. The average Bonchev–Trinajstić information content (AvgIpc) is 2.84. The summed E-state index contributed by atoms with van der Waals surface area (Å²) < 4.78 is 1.32. The van der Waals surface area contributed by atoms with E-state index in [0.29, 0.717) is 5.02 Å². The van der Waals surface area contributed by atoms with Crippen molar-refractivity contribution in [2.75, 3.05) is 5.32 Å². The SMILES string of the molecule is Cc1ccc(NC(=O)n2ncc3cc(Cl)ccc32)cc1. The average molecular weight is 286 g/mol. The molecule has 100 valence electrons. The molecule has 0 unspecified atom stereocenters. The van der Waals surface area contributed by atoms with Gasteiger partial charge in [-0.15, -0.1) is 0 Å². The molecule has 20 heavy (non-hydrogen) atoms. The van der Waals surface area contributed by atoms with Gasteiger partial charge in [-0.05, 0) is 37.3 Å². The van der Waals surface area contributed by atoms with Gasteiger partial charge in [0.1, 0.15) is 0 Å². The molecule has 3 rings (SSSR count). The van der Waals surface area contributed by atoms with Gasteiger partial charge in [0, 0.05) is 16.1 Å². The fourth-order valence-electron chi connectivity index (χ4n) is 1.98. The topological polar surface area (TPSA) is 46.9 Å². The highest BCUT2D eigenvalue weighted by Gasteiger charge is 2.10. The first kappa shape index (κ1) is 12.7. The number of nitrogens with one attached hydrogen (secondary N) is 1. The first-order valence-electron chi connectivity index (χ1n) is 6.15. The van der Waals surface area contributed by atoms with Crippen molar-refractivity contribution in [3.05, 3.63) is 59.2 Å². The molecule has 0 saturated carbocycles. The summed E-state index contributed by atoms with van der Waals surface area (Å²) >= 11 is 5.91. The van der Waals surface area contributed by atoms with E-state index >= 15 is 0 Å². The second-order valence-corrected chi connectivity index (χ2v) is 4.99. The fraction of sp³-hybridized carbons (Fsp3) is 0.0667. The molecule has 0 aliphatic heterocycles. The van der Waals surface area contributed by atoms with Gasteiger partial charge in [0.2, 0.25) is 0 Å². The molecule has 0 bridgehead atoms. The van der Waals surface area contributed by atoms with Gasteiger partial charge in [-0.25, -0.2) is 4.79 Å². The van der Waals surface area contributed by atoms with E-state index in [2.05, 4.69) is 10.4 Å². The van der Waals surface area contributed by atoms with E-state index < -0.39 is 0 Å². The Morgan fingerprint density at radius 2 is 1.95 bits per heavy atom. The number of carbonyl (C=O) groups excluding carboxylic acids is 1. The predicted octanol–water partition coefficient (Wildman–Crippen LogP) is 4.08. The van der Waals surface area contributed by atoms with Crippen LogP contribution < -0.4 is 5.32 Å².